The average Bonchev–Trinajstić information content (AvgIpc) is 2.16. The van der Waals surface area contributed by atoms with E-state index >= 15 is 0 Å². The molecule has 0 aromatic rings. The predicted molar refractivity (Wildman–Crippen MR) is 54.9 cm³/mol. The van der Waals surface area contributed by atoms with E-state index in [4.69, 9.17) is 0 Å². The molecule has 3 atom stereocenters. The van der Waals surface area contributed by atoms with Crippen LogP contribution in [0.4, 0.5) is 0 Å². The molecule has 2 saturated carbocycles. The molecular formula is C12H20O2. The van der Waals surface area contributed by atoms with E-state index in [0.29, 0.717) is 6.42 Å². The van der Waals surface area contributed by atoms with Gasteiger partial charge in [0.05, 0.1) is 5.60 Å². The standard InChI is InChI=1S/C12H20O2/c1-9-10(13)5-8-11(2)6-3-4-7-12(9,11)14/h9,14H,3-8H2,1-2H3/t9-,11-,12-/m0/s1. The normalized spacial score (nSPS) is 48.8. The Morgan fingerprint density at radius 2 is 1.93 bits per heavy atom. The molecular weight excluding hydrogens is 176 g/mol. The molecule has 2 aliphatic carbocycles. The molecule has 0 heterocycles. The third-order valence-electron chi connectivity index (χ3n) is 4.70. The Hall–Kier alpha value is -0.370. The highest BCUT2D eigenvalue weighted by Gasteiger charge is 2.55. The van der Waals surface area contributed by atoms with Crippen LogP contribution in [0.3, 0.4) is 0 Å². The Bertz CT molecular complexity index is 261. The van der Waals surface area contributed by atoms with Crippen molar-refractivity contribution in [1.82, 2.24) is 0 Å². The monoisotopic (exact) mass is 196 g/mol. The largest absolute Gasteiger partial charge is 0.389 e. The summed E-state index contributed by atoms with van der Waals surface area (Å²) in [4.78, 5) is 11.6. The van der Waals surface area contributed by atoms with Gasteiger partial charge >= 0.3 is 0 Å². The van der Waals surface area contributed by atoms with Crippen LogP contribution in [0.15, 0.2) is 0 Å². The predicted octanol–water partition coefficient (Wildman–Crippen LogP) is 2.30. The summed E-state index contributed by atoms with van der Waals surface area (Å²) in [5.41, 5.74) is -0.709. The number of carbonyl (C=O) groups is 1. The summed E-state index contributed by atoms with van der Waals surface area (Å²) in [6.07, 6.45) is 5.73. The van der Waals surface area contributed by atoms with Gasteiger partial charge in [-0.2, -0.15) is 0 Å². The third-order valence-corrected chi connectivity index (χ3v) is 4.70. The lowest BCUT2D eigenvalue weighted by Crippen LogP contribution is -2.58. The Morgan fingerprint density at radius 1 is 1.29 bits per heavy atom. The van der Waals surface area contributed by atoms with Crippen LogP contribution >= 0.6 is 0 Å². The van der Waals surface area contributed by atoms with Gasteiger partial charge in [0.15, 0.2) is 0 Å². The molecule has 2 rings (SSSR count). The van der Waals surface area contributed by atoms with E-state index in [1.54, 1.807) is 0 Å². The highest BCUT2D eigenvalue weighted by molar-refractivity contribution is 5.83. The fourth-order valence-corrected chi connectivity index (χ4v) is 3.39. The van der Waals surface area contributed by atoms with Crippen LogP contribution in [-0.4, -0.2) is 16.5 Å². The summed E-state index contributed by atoms with van der Waals surface area (Å²) in [6.45, 7) is 4.07. The van der Waals surface area contributed by atoms with E-state index in [1.807, 2.05) is 6.92 Å². The molecule has 1 N–H and O–H groups in total. The molecule has 2 fully saturated rings. The van der Waals surface area contributed by atoms with Crippen molar-refractivity contribution < 1.29 is 9.90 Å². The molecule has 2 heteroatoms. The summed E-state index contributed by atoms with van der Waals surface area (Å²) in [6, 6.07) is 0. The number of ketones is 1. The topological polar surface area (TPSA) is 37.3 Å². The molecule has 2 aliphatic rings. The minimum atomic E-state index is -0.708. The van der Waals surface area contributed by atoms with Gasteiger partial charge in [-0.25, -0.2) is 0 Å². The van der Waals surface area contributed by atoms with Crippen molar-refractivity contribution >= 4 is 5.78 Å². The molecule has 0 aliphatic heterocycles. The van der Waals surface area contributed by atoms with Gasteiger partial charge < -0.3 is 5.11 Å². The fraction of sp³-hybridized carbons (Fsp3) is 0.917. The Labute approximate surface area is 85.7 Å². The van der Waals surface area contributed by atoms with Crippen molar-refractivity contribution in [1.29, 1.82) is 0 Å². The first-order chi connectivity index (χ1) is 6.50. The quantitative estimate of drug-likeness (QED) is 0.645. The second-order valence-corrected chi connectivity index (χ2v) is 5.38. The molecule has 0 amide bonds. The van der Waals surface area contributed by atoms with Crippen LogP contribution in [0.1, 0.15) is 52.4 Å². The van der Waals surface area contributed by atoms with Crippen molar-refractivity contribution in [3.63, 3.8) is 0 Å². The van der Waals surface area contributed by atoms with Gasteiger partial charge in [0.25, 0.3) is 0 Å². The summed E-state index contributed by atoms with van der Waals surface area (Å²) < 4.78 is 0. The van der Waals surface area contributed by atoms with Crippen LogP contribution in [0.2, 0.25) is 0 Å². The van der Waals surface area contributed by atoms with Crippen molar-refractivity contribution in [2.75, 3.05) is 0 Å². The van der Waals surface area contributed by atoms with Gasteiger partial charge in [0.1, 0.15) is 5.78 Å². The minimum Gasteiger partial charge on any atom is -0.389 e. The summed E-state index contributed by atoms with van der Waals surface area (Å²) in [7, 11) is 0. The number of aliphatic hydroxyl groups is 1. The van der Waals surface area contributed by atoms with E-state index in [0.717, 1.165) is 25.7 Å². The van der Waals surface area contributed by atoms with Gasteiger partial charge in [-0.3, -0.25) is 4.79 Å². The van der Waals surface area contributed by atoms with Crippen LogP contribution in [0, 0.1) is 11.3 Å². The lowest BCUT2D eigenvalue weighted by atomic mass is 9.53. The van der Waals surface area contributed by atoms with Crippen LogP contribution in [0.5, 0.6) is 0 Å². The van der Waals surface area contributed by atoms with Gasteiger partial charge in [0.2, 0.25) is 0 Å². The smallest absolute Gasteiger partial charge is 0.138 e. The van der Waals surface area contributed by atoms with Crippen LogP contribution in [0.25, 0.3) is 0 Å². The summed E-state index contributed by atoms with van der Waals surface area (Å²) >= 11 is 0. The zero-order valence-electron chi connectivity index (χ0n) is 9.18. The van der Waals surface area contributed by atoms with Crippen molar-refractivity contribution in [3.05, 3.63) is 0 Å². The molecule has 0 aromatic carbocycles. The SMILES string of the molecule is C[C@H]1C(=O)CC[C@]2(C)CCCC[C@]12O. The fourth-order valence-electron chi connectivity index (χ4n) is 3.39. The number of hydrogen-bond donors (Lipinski definition) is 1. The molecule has 0 unspecified atom stereocenters. The highest BCUT2D eigenvalue weighted by Crippen LogP contribution is 2.54. The van der Waals surface area contributed by atoms with Crippen molar-refractivity contribution in [2.24, 2.45) is 11.3 Å². The molecule has 0 saturated heterocycles. The van der Waals surface area contributed by atoms with Gasteiger partial charge in [-0.05, 0) is 24.7 Å². The van der Waals surface area contributed by atoms with Gasteiger partial charge in [-0.1, -0.05) is 26.7 Å². The first kappa shape index (κ1) is 10.2. The highest BCUT2D eigenvalue weighted by atomic mass is 16.3. The van der Waals surface area contributed by atoms with E-state index in [1.165, 1.54) is 6.42 Å². The maximum absolute atomic E-state index is 11.6. The molecule has 0 spiro atoms. The molecule has 80 valence electrons. The maximum atomic E-state index is 11.6. The number of rotatable bonds is 0. The van der Waals surface area contributed by atoms with E-state index in [2.05, 4.69) is 6.92 Å². The number of Topliss-reactive ketones (excluding diaryl/α,β-unsaturated/α-hetero) is 1. The zero-order valence-corrected chi connectivity index (χ0v) is 9.18. The Balaban J connectivity index is 2.34. The van der Waals surface area contributed by atoms with Gasteiger partial charge in [-0.15, -0.1) is 0 Å². The number of fused-ring (bicyclic) bond motifs is 1. The molecule has 0 aromatic heterocycles. The third kappa shape index (κ3) is 1.16. The number of carbonyl (C=O) groups excluding carboxylic acids is 1. The minimum absolute atomic E-state index is 0.00141. The second kappa shape index (κ2) is 3.06. The Morgan fingerprint density at radius 3 is 2.64 bits per heavy atom. The first-order valence-electron chi connectivity index (χ1n) is 5.75. The lowest BCUT2D eigenvalue weighted by molar-refractivity contribution is -0.175. The maximum Gasteiger partial charge on any atom is 0.138 e. The van der Waals surface area contributed by atoms with E-state index in [9.17, 15) is 9.90 Å². The average molecular weight is 196 g/mol. The number of hydrogen-bond acceptors (Lipinski definition) is 2. The Kier molecular flexibility index (Phi) is 2.22. The van der Waals surface area contributed by atoms with Crippen molar-refractivity contribution in [3.8, 4) is 0 Å². The molecule has 2 nitrogen and oxygen atoms in total. The molecule has 0 radical (unpaired) electrons. The molecule has 0 bridgehead atoms. The molecule has 14 heavy (non-hydrogen) atoms. The van der Waals surface area contributed by atoms with Crippen LogP contribution < -0.4 is 0 Å². The van der Waals surface area contributed by atoms with Crippen molar-refractivity contribution in [2.45, 2.75) is 58.0 Å². The van der Waals surface area contributed by atoms with Crippen LogP contribution in [-0.2, 0) is 4.79 Å². The zero-order chi connectivity index (χ0) is 10.4. The lowest BCUT2D eigenvalue weighted by Gasteiger charge is -2.54. The summed E-state index contributed by atoms with van der Waals surface area (Å²) in [5.74, 6) is 0.105. The summed E-state index contributed by atoms with van der Waals surface area (Å²) in [5, 5.41) is 10.7. The van der Waals surface area contributed by atoms with Gasteiger partial charge in [0, 0.05) is 12.3 Å². The second-order valence-electron chi connectivity index (χ2n) is 5.38. The first-order valence-corrected chi connectivity index (χ1v) is 5.75. The van der Waals surface area contributed by atoms with E-state index < -0.39 is 5.60 Å². The van der Waals surface area contributed by atoms with E-state index in [-0.39, 0.29) is 17.1 Å².